The van der Waals surface area contributed by atoms with E-state index >= 15 is 0 Å². The third-order valence-corrected chi connectivity index (χ3v) is 4.30. The molecule has 0 aliphatic heterocycles. The Morgan fingerprint density at radius 1 is 1.17 bits per heavy atom. The van der Waals surface area contributed by atoms with Crippen molar-refractivity contribution >= 4 is 10.9 Å². The number of hydrogen-bond acceptors (Lipinski definition) is 1. The highest BCUT2D eigenvalue weighted by Gasteiger charge is 2.20. The van der Waals surface area contributed by atoms with Crippen LogP contribution in [0.1, 0.15) is 31.2 Å². The largest absolute Gasteiger partial charge is 0.393 e. The Morgan fingerprint density at radius 2 is 1.89 bits per heavy atom. The Balaban J connectivity index is 1.82. The summed E-state index contributed by atoms with van der Waals surface area (Å²) in [6.45, 7) is 0. The number of hydrogen-bond donors (Lipinski definition) is 1. The third kappa shape index (κ3) is 2.17. The van der Waals surface area contributed by atoms with Crippen LogP contribution >= 0.6 is 0 Å². The Hall–Kier alpha value is -1.28. The van der Waals surface area contributed by atoms with E-state index in [0.717, 1.165) is 25.2 Å². The highest BCUT2D eigenvalue weighted by atomic mass is 16.3. The number of rotatable bonds is 2. The average Bonchev–Trinajstić information content (AvgIpc) is 2.70. The van der Waals surface area contributed by atoms with E-state index in [1.807, 2.05) is 0 Å². The van der Waals surface area contributed by atoms with Gasteiger partial charge in [0.25, 0.3) is 0 Å². The van der Waals surface area contributed by atoms with Crippen LogP contribution in [-0.2, 0) is 13.5 Å². The number of para-hydroxylation sites is 1. The van der Waals surface area contributed by atoms with Crippen LogP contribution in [0.2, 0.25) is 0 Å². The molecule has 0 radical (unpaired) electrons. The van der Waals surface area contributed by atoms with Crippen LogP contribution in [0.3, 0.4) is 0 Å². The van der Waals surface area contributed by atoms with E-state index in [1.54, 1.807) is 0 Å². The molecule has 18 heavy (non-hydrogen) atoms. The zero-order valence-electron chi connectivity index (χ0n) is 11.0. The van der Waals surface area contributed by atoms with E-state index in [-0.39, 0.29) is 6.10 Å². The van der Waals surface area contributed by atoms with Gasteiger partial charge in [-0.1, -0.05) is 18.2 Å². The van der Waals surface area contributed by atoms with E-state index in [2.05, 4.69) is 42.1 Å². The van der Waals surface area contributed by atoms with E-state index in [1.165, 1.54) is 29.3 Å². The average molecular weight is 243 g/mol. The highest BCUT2D eigenvalue weighted by Crippen LogP contribution is 2.30. The molecule has 0 atom stereocenters. The van der Waals surface area contributed by atoms with Gasteiger partial charge in [-0.25, -0.2) is 0 Å². The van der Waals surface area contributed by atoms with Crippen LogP contribution in [-0.4, -0.2) is 15.8 Å². The van der Waals surface area contributed by atoms with Gasteiger partial charge in [0.1, 0.15) is 0 Å². The van der Waals surface area contributed by atoms with Crippen LogP contribution in [0.25, 0.3) is 10.9 Å². The number of fused-ring (bicyclic) bond motifs is 1. The lowest BCUT2D eigenvalue weighted by molar-refractivity contribution is 0.109. The standard InChI is InChI=1S/C16H21NO/c1-17-11-13(15-4-2-3-5-16(15)17)10-12-6-8-14(18)9-7-12/h2-5,11-12,14,18H,6-10H2,1H3. The first-order valence-corrected chi connectivity index (χ1v) is 6.95. The molecule has 1 aliphatic rings. The zero-order valence-corrected chi connectivity index (χ0v) is 11.0. The monoisotopic (exact) mass is 243 g/mol. The third-order valence-electron chi connectivity index (χ3n) is 4.30. The Labute approximate surface area is 108 Å². The van der Waals surface area contributed by atoms with Crippen molar-refractivity contribution in [3.63, 3.8) is 0 Å². The second-order valence-electron chi connectivity index (χ2n) is 5.66. The van der Waals surface area contributed by atoms with Crippen molar-refractivity contribution in [2.45, 2.75) is 38.2 Å². The number of aliphatic hydroxyl groups is 1. The molecule has 1 aliphatic carbocycles. The summed E-state index contributed by atoms with van der Waals surface area (Å²) in [5.74, 6) is 0.749. The summed E-state index contributed by atoms with van der Waals surface area (Å²) in [7, 11) is 2.12. The SMILES string of the molecule is Cn1cc(CC2CCC(O)CC2)c2ccccc21. The number of nitrogens with zero attached hydrogens (tertiary/aromatic N) is 1. The molecule has 0 unspecified atom stereocenters. The summed E-state index contributed by atoms with van der Waals surface area (Å²) in [5, 5.41) is 11.0. The van der Waals surface area contributed by atoms with Crippen molar-refractivity contribution < 1.29 is 5.11 Å². The fourth-order valence-corrected chi connectivity index (χ4v) is 3.25. The maximum absolute atomic E-state index is 9.56. The molecular formula is C16H21NO. The van der Waals surface area contributed by atoms with E-state index < -0.39 is 0 Å². The Bertz CT molecular complexity index is 535. The Kier molecular flexibility index (Phi) is 3.13. The summed E-state index contributed by atoms with van der Waals surface area (Å²) in [6.07, 6.45) is 7.69. The molecule has 3 rings (SSSR count). The fourth-order valence-electron chi connectivity index (χ4n) is 3.25. The molecule has 0 amide bonds. The van der Waals surface area contributed by atoms with Crippen LogP contribution in [0, 0.1) is 5.92 Å². The van der Waals surface area contributed by atoms with E-state index in [0.29, 0.717) is 0 Å². The summed E-state index contributed by atoms with van der Waals surface area (Å²) in [4.78, 5) is 0. The first kappa shape index (κ1) is 11.8. The maximum atomic E-state index is 9.56. The van der Waals surface area contributed by atoms with Crippen LogP contribution in [0.4, 0.5) is 0 Å². The van der Waals surface area contributed by atoms with Gasteiger partial charge in [-0.3, -0.25) is 0 Å². The first-order chi connectivity index (χ1) is 8.74. The molecule has 1 fully saturated rings. The van der Waals surface area contributed by atoms with Crippen molar-refractivity contribution in [3.05, 3.63) is 36.0 Å². The molecule has 2 aromatic rings. The molecule has 0 saturated heterocycles. The summed E-state index contributed by atoms with van der Waals surface area (Å²) in [5.41, 5.74) is 2.79. The summed E-state index contributed by atoms with van der Waals surface area (Å²) >= 11 is 0. The van der Waals surface area contributed by atoms with Crippen molar-refractivity contribution in [1.82, 2.24) is 4.57 Å². The van der Waals surface area contributed by atoms with Crippen LogP contribution in [0.15, 0.2) is 30.5 Å². The molecule has 1 saturated carbocycles. The van der Waals surface area contributed by atoms with Gasteiger partial charge in [0, 0.05) is 24.1 Å². The molecule has 96 valence electrons. The van der Waals surface area contributed by atoms with E-state index in [4.69, 9.17) is 0 Å². The fraction of sp³-hybridized carbons (Fsp3) is 0.500. The minimum atomic E-state index is -0.0474. The molecule has 0 spiro atoms. The smallest absolute Gasteiger partial charge is 0.0540 e. The first-order valence-electron chi connectivity index (χ1n) is 6.95. The molecule has 1 aromatic carbocycles. The van der Waals surface area contributed by atoms with Crippen molar-refractivity contribution in [2.75, 3.05) is 0 Å². The molecule has 2 nitrogen and oxygen atoms in total. The maximum Gasteiger partial charge on any atom is 0.0540 e. The van der Waals surface area contributed by atoms with Crippen molar-refractivity contribution in [1.29, 1.82) is 0 Å². The second kappa shape index (κ2) is 4.77. The lowest BCUT2D eigenvalue weighted by atomic mass is 9.83. The normalized spacial score (nSPS) is 24.6. The quantitative estimate of drug-likeness (QED) is 0.860. The molecule has 1 heterocycles. The summed E-state index contributed by atoms with van der Waals surface area (Å²) < 4.78 is 2.22. The number of aliphatic hydroxyl groups excluding tert-OH is 1. The van der Waals surface area contributed by atoms with Crippen molar-refractivity contribution in [2.24, 2.45) is 13.0 Å². The number of aryl methyl sites for hydroxylation is 1. The minimum Gasteiger partial charge on any atom is -0.393 e. The molecule has 0 bridgehead atoms. The predicted molar refractivity (Wildman–Crippen MR) is 74.6 cm³/mol. The lowest BCUT2D eigenvalue weighted by Gasteiger charge is -2.25. The minimum absolute atomic E-state index is 0.0474. The lowest BCUT2D eigenvalue weighted by Crippen LogP contribution is -2.19. The van der Waals surface area contributed by atoms with Gasteiger partial charge in [-0.15, -0.1) is 0 Å². The topological polar surface area (TPSA) is 25.2 Å². The predicted octanol–water partition coefficient (Wildman–Crippen LogP) is 3.27. The van der Waals surface area contributed by atoms with Gasteiger partial charge in [0.15, 0.2) is 0 Å². The molecular weight excluding hydrogens is 222 g/mol. The van der Waals surface area contributed by atoms with Crippen molar-refractivity contribution in [3.8, 4) is 0 Å². The molecule has 2 heteroatoms. The summed E-state index contributed by atoms with van der Waals surface area (Å²) in [6, 6.07) is 8.63. The van der Waals surface area contributed by atoms with Gasteiger partial charge in [0.2, 0.25) is 0 Å². The number of aromatic nitrogens is 1. The Morgan fingerprint density at radius 3 is 2.67 bits per heavy atom. The molecule has 1 aromatic heterocycles. The van der Waals surface area contributed by atoms with Crippen LogP contribution < -0.4 is 0 Å². The van der Waals surface area contributed by atoms with Gasteiger partial charge in [-0.2, -0.15) is 0 Å². The highest BCUT2D eigenvalue weighted by molar-refractivity contribution is 5.83. The second-order valence-corrected chi connectivity index (χ2v) is 5.66. The van der Waals surface area contributed by atoms with Gasteiger partial charge in [-0.05, 0) is 49.7 Å². The van der Waals surface area contributed by atoms with Crippen LogP contribution in [0.5, 0.6) is 0 Å². The zero-order chi connectivity index (χ0) is 12.5. The van der Waals surface area contributed by atoms with E-state index in [9.17, 15) is 5.11 Å². The number of benzene rings is 1. The van der Waals surface area contributed by atoms with Gasteiger partial charge < -0.3 is 9.67 Å². The van der Waals surface area contributed by atoms with Gasteiger partial charge >= 0.3 is 0 Å². The molecule has 1 N–H and O–H groups in total. The van der Waals surface area contributed by atoms with Gasteiger partial charge in [0.05, 0.1) is 6.10 Å².